The second-order valence-electron chi connectivity index (χ2n) is 7.83. The first-order valence-electron chi connectivity index (χ1n) is 10.2. The Labute approximate surface area is 194 Å². The molecule has 2 aromatic rings. The van der Waals surface area contributed by atoms with E-state index in [-0.39, 0.29) is 48.8 Å². The first-order valence-corrected chi connectivity index (χ1v) is 10.5. The van der Waals surface area contributed by atoms with Crippen molar-refractivity contribution in [1.29, 1.82) is 0 Å². The lowest BCUT2D eigenvalue weighted by Crippen LogP contribution is -2.43. The number of halogens is 7. The van der Waals surface area contributed by atoms with E-state index >= 15 is 0 Å². The van der Waals surface area contributed by atoms with Gasteiger partial charge in [-0.1, -0.05) is 17.7 Å². The number of carbonyl (C=O) groups excluding carboxylic acids is 1. The predicted octanol–water partition coefficient (Wildman–Crippen LogP) is 5.82. The molecule has 6 nitrogen and oxygen atoms in total. The molecule has 2 heterocycles. The average Bonchev–Trinajstić information content (AvgIpc) is 3.44. The molecule has 1 aliphatic carbocycles. The van der Waals surface area contributed by atoms with Gasteiger partial charge in [0.2, 0.25) is 5.89 Å². The maximum Gasteiger partial charge on any atom is 0.470 e. The van der Waals surface area contributed by atoms with Gasteiger partial charge in [-0.05, 0) is 37.1 Å². The fourth-order valence-electron chi connectivity index (χ4n) is 3.68. The van der Waals surface area contributed by atoms with Crippen molar-refractivity contribution in [3.8, 4) is 0 Å². The molecule has 1 saturated heterocycles. The Morgan fingerprint density at radius 1 is 1.26 bits per heavy atom. The van der Waals surface area contributed by atoms with Crippen LogP contribution in [-0.2, 0) is 6.18 Å². The number of benzene rings is 1. The Balaban J connectivity index is 1.56. The van der Waals surface area contributed by atoms with E-state index in [1.807, 2.05) is 0 Å². The van der Waals surface area contributed by atoms with Gasteiger partial charge < -0.3 is 9.32 Å². The van der Waals surface area contributed by atoms with Crippen LogP contribution in [0.5, 0.6) is 0 Å². The molecule has 2 aliphatic rings. The standard InChI is InChI=1S/C21H17ClF6N4O2/c22-15-8-14(3-4-16(15)24)32(20(33)31-6-5-13(23)10-31)9-12-2-1-11(7-17(12)25)18-29-30-19(34-18)21(26,27)28/h2-4,7-8,11,13H,1,5-6,9-10H2/t11?,13-/m0/s1. The molecular weight excluding hydrogens is 490 g/mol. The van der Waals surface area contributed by atoms with Crippen molar-refractivity contribution in [2.45, 2.75) is 31.1 Å². The molecule has 2 atom stereocenters. The highest BCUT2D eigenvalue weighted by atomic mass is 35.5. The number of alkyl halides is 4. The van der Waals surface area contributed by atoms with Crippen molar-refractivity contribution in [3.63, 3.8) is 0 Å². The number of allylic oxidation sites excluding steroid dienone is 2. The van der Waals surface area contributed by atoms with E-state index in [2.05, 4.69) is 14.6 Å². The normalized spacial score (nSPS) is 20.9. The van der Waals surface area contributed by atoms with Crippen LogP contribution in [0.15, 0.2) is 46.2 Å². The van der Waals surface area contributed by atoms with Crippen molar-refractivity contribution in [1.82, 2.24) is 15.1 Å². The number of urea groups is 1. The van der Waals surface area contributed by atoms with Crippen LogP contribution in [0.2, 0.25) is 5.02 Å². The van der Waals surface area contributed by atoms with Crippen LogP contribution >= 0.6 is 11.6 Å². The summed E-state index contributed by atoms with van der Waals surface area (Å²) in [5.74, 6) is -4.39. The molecule has 1 fully saturated rings. The quantitative estimate of drug-likeness (QED) is 0.490. The van der Waals surface area contributed by atoms with Gasteiger partial charge in [-0.15, -0.1) is 10.2 Å². The van der Waals surface area contributed by atoms with Gasteiger partial charge >= 0.3 is 18.1 Å². The lowest BCUT2D eigenvalue weighted by Gasteiger charge is -2.29. The molecule has 0 spiro atoms. The third kappa shape index (κ3) is 5.06. The molecule has 182 valence electrons. The number of anilines is 1. The molecule has 13 heteroatoms. The van der Waals surface area contributed by atoms with Gasteiger partial charge in [0.15, 0.2) is 0 Å². The summed E-state index contributed by atoms with van der Waals surface area (Å²) < 4.78 is 85.0. The smallest absolute Gasteiger partial charge is 0.417 e. The average molecular weight is 507 g/mol. The Hall–Kier alpha value is -3.02. The zero-order valence-electron chi connectivity index (χ0n) is 17.3. The number of likely N-dealkylation sites (tertiary alicyclic amines) is 1. The number of nitrogens with zero attached hydrogens (tertiary/aromatic N) is 4. The monoisotopic (exact) mass is 506 g/mol. The largest absolute Gasteiger partial charge is 0.470 e. The molecule has 0 radical (unpaired) electrons. The fourth-order valence-corrected chi connectivity index (χ4v) is 3.86. The number of hydrogen-bond acceptors (Lipinski definition) is 4. The molecule has 0 N–H and O–H groups in total. The third-order valence-electron chi connectivity index (χ3n) is 5.45. The minimum atomic E-state index is -4.82. The van der Waals surface area contributed by atoms with Gasteiger partial charge in [0.25, 0.3) is 0 Å². The van der Waals surface area contributed by atoms with Crippen molar-refractivity contribution in [3.05, 3.63) is 64.4 Å². The molecule has 4 rings (SSSR count). The Morgan fingerprint density at radius 2 is 2.03 bits per heavy atom. The first-order chi connectivity index (χ1) is 16.0. The molecule has 34 heavy (non-hydrogen) atoms. The lowest BCUT2D eigenvalue weighted by molar-refractivity contribution is -0.157. The number of hydrogen-bond donors (Lipinski definition) is 0. The highest BCUT2D eigenvalue weighted by molar-refractivity contribution is 6.31. The summed E-state index contributed by atoms with van der Waals surface area (Å²) in [6.07, 6.45) is -3.40. The van der Waals surface area contributed by atoms with Gasteiger partial charge in [0, 0.05) is 17.8 Å². The summed E-state index contributed by atoms with van der Waals surface area (Å²) in [5.41, 5.74) is 0.220. The van der Waals surface area contributed by atoms with Crippen LogP contribution < -0.4 is 4.90 Å². The van der Waals surface area contributed by atoms with Crippen LogP contribution in [0.3, 0.4) is 0 Å². The highest BCUT2D eigenvalue weighted by Gasteiger charge is 2.39. The van der Waals surface area contributed by atoms with Gasteiger partial charge in [0.1, 0.15) is 17.8 Å². The minimum Gasteiger partial charge on any atom is -0.417 e. The minimum absolute atomic E-state index is 0.0325. The zero-order chi connectivity index (χ0) is 24.6. The maximum absolute atomic E-state index is 14.9. The lowest BCUT2D eigenvalue weighted by atomic mass is 9.95. The summed E-state index contributed by atoms with van der Waals surface area (Å²) in [6, 6.07) is 2.91. The van der Waals surface area contributed by atoms with E-state index < -0.39 is 47.7 Å². The molecule has 1 aliphatic heterocycles. The SMILES string of the molecule is O=C(N1CC[C@H](F)C1)N(CC1=CCC(c2nnc(C(F)(F)F)o2)C=C1F)c1ccc(F)c(Cl)c1. The maximum atomic E-state index is 14.9. The molecular formula is C21H17ClF6N4O2. The van der Waals surface area contributed by atoms with Crippen molar-refractivity contribution in [2.24, 2.45) is 0 Å². The summed E-state index contributed by atoms with van der Waals surface area (Å²) in [4.78, 5) is 15.5. The number of carbonyl (C=O) groups is 1. The Morgan fingerprint density at radius 3 is 2.62 bits per heavy atom. The summed E-state index contributed by atoms with van der Waals surface area (Å²) >= 11 is 5.85. The van der Waals surface area contributed by atoms with Crippen LogP contribution in [0.4, 0.5) is 36.8 Å². The van der Waals surface area contributed by atoms with E-state index in [0.717, 1.165) is 17.0 Å². The molecule has 1 unspecified atom stereocenters. The topological polar surface area (TPSA) is 62.5 Å². The van der Waals surface area contributed by atoms with Gasteiger partial charge in [0.05, 0.1) is 24.0 Å². The second kappa shape index (κ2) is 9.32. The zero-order valence-corrected chi connectivity index (χ0v) is 18.1. The summed E-state index contributed by atoms with van der Waals surface area (Å²) in [5, 5.41) is 6.02. The summed E-state index contributed by atoms with van der Waals surface area (Å²) in [6.45, 7) is -0.285. The van der Waals surface area contributed by atoms with Crippen molar-refractivity contribution < 1.29 is 35.6 Å². The first kappa shape index (κ1) is 24.1. The van der Waals surface area contributed by atoms with Crippen LogP contribution in [-0.4, -0.2) is 46.9 Å². The Bertz CT molecular complexity index is 1150. The van der Waals surface area contributed by atoms with E-state index in [1.54, 1.807) is 0 Å². The molecule has 1 aromatic carbocycles. The van der Waals surface area contributed by atoms with Crippen LogP contribution in [0.1, 0.15) is 30.5 Å². The van der Waals surface area contributed by atoms with E-state index in [1.165, 1.54) is 23.1 Å². The van der Waals surface area contributed by atoms with E-state index in [0.29, 0.717) is 0 Å². The number of rotatable bonds is 4. The fraction of sp³-hybridized carbons (Fsp3) is 0.381. The van der Waals surface area contributed by atoms with Crippen LogP contribution in [0.25, 0.3) is 0 Å². The molecule has 0 saturated carbocycles. The predicted molar refractivity (Wildman–Crippen MR) is 109 cm³/mol. The second-order valence-corrected chi connectivity index (χ2v) is 8.24. The molecule has 1 aromatic heterocycles. The van der Waals surface area contributed by atoms with E-state index in [4.69, 9.17) is 11.6 Å². The van der Waals surface area contributed by atoms with Crippen molar-refractivity contribution >= 4 is 23.3 Å². The third-order valence-corrected chi connectivity index (χ3v) is 5.74. The number of amides is 2. The molecule has 0 bridgehead atoms. The summed E-state index contributed by atoms with van der Waals surface area (Å²) in [7, 11) is 0. The highest BCUT2D eigenvalue weighted by Crippen LogP contribution is 2.35. The van der Waals surface area contributed by atoms with E-state index in [9.17, 15) is 31.1 Å². The molecule has 2 amide bonds. The Kier molecular flexibility index (Phi) is 6.61. The van der Waals surface area contributed by atoms with Gasteiger partial charge in [-0.2, -0.15) is 13.2 Å². The van der Waals surface area contributed by atoms with Crippen LogP contribution in [0, 0.1) is 5.82 Å². The number of aromatic nitrogens is 2. The van der Waals surface area contributed by atoms with Gasteiger partial charge in [-0.25, -0.2) is 18.0 Å². The van der Waals surface area contributed by atoms with Crippen molar-refractivity contribution in [2.75, 3.05) is 24.5 Å². The van der Waals surface area contributed by atoms with Gasteiger partial charge in [-0.3, -0.25) is 4.90 Å².